The molecule has 0 aromatic rings. The van der Waals surface area contributed by atoms with Gasteiger partial charge in [-0.1, -0.05) is 21.6 Å². The van der Waals surface area contributed by atoms with Crippen LogP contribution in [0.15, 0.2) is 0 Å². The van der Waals surface area contributed by atoms with Crippen LogP contribution in [0.4, 0.5) is 0 Å². The second-order valence-electron chi connectivity index (χ2n) is 1.65. The molecule has 0 unspecified atom stereocenters. The molecule has 0 radical (unpaired) electrons. The highest BCUT2D eigenvalue weighted by Gasteiger charge is 2.02. The van der Waals surface area contributed by atoms with Crippen LogP contribution in [0.2, 0.25) is 0 Å². The average Bonchev–Trinajstić information content (AvgIpc) is 1.85. The van der Waals surface area contributed by atoms with Crippen LogP contribution in [-0.2, 0) is 10.1 Å². The Labute approximate surface area is 73.9 Å². The predicted octanol–water partition coefficient (Wildman–Crippen LogP) is 0.248. The van der Waals surface area contributed by atoms with E-state index in [0.717, 1.165) is 0 Å². The minimum Gasteiger partial charge on any atom is -0.395 e. The number of hydrogen-bond donors (Lipinski definition) is 2. The molecule has 0 atom stereocenters. The first-order valence-electron chi connectivity index (χ1n) is 2.86. The summed E-state index contributed by atoms with van der Waals surface area (Å²) in [4.78, 5) is 0. The summed E-state index contributed by atoms with van der Waals surface area (Å²) in [5.41, 5.74) is 0. The Morgan fingerprint density at radius 3 is 2.18 bits per heavy atom. The van der Waals surface area contributed by atoms with Crippen LogP contribution in [0.1, 0.15) is 0 Å². The molecule has 0 amide bonds. The monoisotopic (exact) mass is 218 g/mol. The lowest BCUT2D eigenvalue weighted by Gasteiger charge is -1.96. The quantitative estimate of drug-likeness (QED) is 0.378. The molecule has 0 heterocycles. The van der Waals surface area contributed by atoms with Crippen molar-refractivity contribution >= 4 is 31.7 Å². The van der Waals surface area contributed by atoms with Gasteiger partial charge in [-0.25, -0.2) is 0 Å². The van der Waals surface area contributed by atoms with E-state index < -0.39 is 10.1 Å². The predicted molar refractivity (Wildman–Crippen MR) is 48.4 cm³/mol. The maximum Gasteiger partial charge on any atom is 0.265 e. The highest BCUT2D eigenvalue weighted by Crippen LogP contribution is 2.19. The first-order valence-corrected chi connectivity index (χ1v) is 6.96. The SMILES string of the molecule is O=S(=O)(O)CCSSCCO. The maximum atomic E-state index is 10.1. The van der Waals surface area contributed by atoms with Crippen LogP contribution in [0.3, 0.4) is 0 Å². The van der Waals surface area contributed by atoms with Gasteiger partial charge in [0.1, 0.15) is 0 Å². The second-order valence-corrected chi connectivity index (χ2v) is 5.93. The summed E-state index contributed by atoms with van der Waals surface area (Å²) in [6.07, 6.45) is 0. The summed E-state index contributed by atoms with van der Waals surface area (Å²) < 4.78 is 28.6. The molecular weight excluding hydrogens is 208 g/mol. The molecule has 11 heavy (non-hydrogen) atoms. The Bertz CT molecular complexity index is 176. The molecule has 0 aliphatic carbocycles. The van der Waals surface area contributed by atoms with Gasteiger partial charge < -0.3 is 5.11 Å². The van der Waals surface area contributed by atoms with E-state index >= 15 is 0 Å². The van der Waals surface area contributed by atoms with Crippen LogP contribution in [0, 0.1) is 0 Å². The molecule has 0 aliphatic rings. The number of aliphatic hydroxyl groups excluding tert-OH is 1. The van der Waals surface area contributed by atoms with Crippen molar-refractivity contribution in [3.8, 4) is 0 Å². The molecule has 2 N–H and O–H groups in total. The first kappa shape index (κ1) is 11.6. The minimum absolute atomic E-state index is 0.0868. The fraction of sp³-hybridized carbons (Fsp3) is 1.00. The van der Waals surface area contributed by atoms with Crippen molar-refractivity contribution in [1.29, 1.82) is 0 Å². The molecular formula is C4H10O4S3. The van der Waals surface area contributed by atoms with Crippen molar-refractivity contribution in [2.75, 3.05) is 23.9 Å². The molecule has 0 bridgehead atoms. The van der Waals surface area contributed by atoms with Crippen molar-refractivity contribution in [2.24, 2.45) is 0 Å². The zero-order valence-electron chi connectivity index (χ0n) is 5.76. The molecule has 0 spiro atoms. The molecule has 0 aromatic carbocycles. The van der Waals surface area contributed by atoms with Gasteiger partial charge in [-0.2, -0.15) is 8.42 Å². The van der Waals surface area contributed by atoms with Gasteiger partial charge in [0.2, 0.25) is 0 Å². The van der Waals surface area contributed by atoms with E-state index in [1.807, 2.05) is 0 Å². The van der Waals surface area contributed by atoms with E-state index in [9.17, 15) is 8.42 Å². The van der Waals surface area contributed by atoms with E-state index in [4.69, 9.17) is 9.66 Å². The minimum atomic E-state index is -3.81. The van der Waals surface area contributed by atoms with Crippen LogP contribution < -0.4 is 0 Å². The zero-order chi connectivity index (χ0) is 8.74. The fourth-order valence-corrected chi connectivity index (χ4v) is 3.26. The summed E-state index contributed by atoms with van der Waals surface area (Å²) in [7, 11) is -1.10. The first-order chi connectivity index (χ1) is 5.06. The summed E-state index contributed by atoms with van der Waals surface area (Å²) in [6.45, 7) is 0.0868. The Balaban J connectivity index is 3.16. The van der Waals surface area contributed by atoms with Gasteiger partial charge in [0.25, 0.3) is 10.1 Å². The lowest BCUT2D eigenvalue weighted by Crippen LogP contribution is -2.05. The number of hydrogen-bond acceptors (Lipinski definition) is 5. The standard InChI is InChI=1S/C4H10O4S3/c5-1-2-9-10-3-4-11(6,7)8/h5H,1-4H2,(H,6,7,8). The van der Waals surface area contributed by atoms with Crippen LogP contribution in [0.5, 0.6) is 0 Å². The highest BCUT2D eigenvalue weighted by atomic mass is 33.1. The third-order valence-electron chi connectivity index (χ3n) is 0.683. The lowest BCUT2D eigenvalue weighted by atomic mass is 10.9. The Morgan fingerprint density at radius 1 is 1.18 bits per heavy atom. The van der Waals surface area contributed by atoms with Gasteiger partial charge in [0, 0.05) is 11.5 Å². The van der Waals surface area contributed by atoms with Crippen LogP contribution >= 0.6 is 21.6 Å². The van der Waals surface area contributed by atoms with Crippen molar-refractivity contribution in [3.63, 3.8) is 0 Å². The number of rotatable bonds is 6. The zero-order valence-corrected chi connectivity index (χ0v) is 8.21. The molecule has 4 nitrogen and oxygen atoms in total. The fourth-order valence-electron chi connectivity index (χ4n) is 0.294. The maximum absolute atomic E-state index is 10.1. The Hall–Kier alpha value is 0.570. The van der Waals surface area contributed by atoms with E-state index in [0.29, 0.717) is 11.5 Å². The van der Waals surface area contributed by atoms with Crippen molar-refractivity contribution in [3.05, 3.63) is 0 Å². The summed E-state index contributed by atoms with van der Waals surface area (Å²) >= 11 is 0. The number of aliphatic hydroxyl groups is 1. The normalized spacial score (nSPS) is 11.8. The van der Waals surface area contributed by atoms with Crippen molar-refractivity contribution in [2.45, 2.75) is 0 Å². The van der Waals surface area contributed by atoms with Gasteiger partial charge in [0.05, 0.1) is 12.4 Å². The topological polar surface area (TPSA) is 74.6 Å². The van der Waals surface area contributed by atoms with Gasteiger partial charge in [-0.15, -0.1) is 0 Å². The van der Waals surface area contributed by atoms with E-state index in [1.54, 1.807) is 0 Å². The lowest BCUT2D eigenvalue weighted by molar-refractivity contribution is 0.323. The van der Waals surface area contributed by atoms with Crippen molar-refractivity contribution < 1.29 is 18.1 Å². The third-order valence-corrected chi connectivity index (χ3v) is 4.05. The van der Waals surface area contributed by atoms with E-state index in [1.165, 1.54) is 21.6 Å². The van der Waals surface area contributed by atoms with E-state index in [-0.39, 0.29) is 12.4 Å². The van der Waals surface area contributed by atoms with Crippen LogP contribution in [-0.4, -0.2) is 41.9 Å². The third kappa shape index (κ3) is 10.6. The van der Waals surface area contributed by atoms with Gasteiger partial charge in [0.15, 0.2) is 0 Å². The molecule has 7 heteroatoms. The van der Waals surface area contributed by atoms with Crippen LogP contribution in [0.25, 0.3) is 0 Å². The average molecular weight is 218 g/mol. The molecule has 0 saturated carbocycles. The molecule has 0 saturated heterocycles. The van der Waals surface area contributed by atoms with E-state index in [2.05, 4.69) is 0 Å². The molecule has 0 aromatic heterocycles. The largest absolute Gasteiger partial charge is 0.395 e. The second kappa shape index (κ2) is 6.13. The molecule has 0 aliphatic heterocycles. The summed E-state index contributed by atoms with van der Waals surface area (Å²) in [5.74, 6) is 0.704. The molecule has 68 valence electrons. The van der Waals surface area contributed by atoms with Gasteiger partial charge in [-0.3, -0.25) is 4.55 Å². The van der Waals surface area contributed by atoms with Gasteiger partial charge in [-0.05, 0) is 0 Å². The smallest absolute Gasteiger partial charge is 0.265 e. The molecule has 0 rings (SSSR count). The summed E-state index contributed by atoms with van der Waals surface area (Å²) in [6, 6.07) is 0. The molecule has 0 fully saturated rings. The Kier molecular flexibility index (Phi) is 6.44. The highest BCUT2D eigenvalue weighted by molar-refractivity contribution is 8.76. The van der Waals surface area contributed by atoms with Crippen molar-refractivity contribution in [1.82, 2.24) is 0 Å². The summed E-state index contributed by atoms with van der Waals surface area (Å²) in [5, 5.41) is 8.32. The van der Waals surface area contributed by atoms with Gasteiger partial charge >= 0.3 is 0 Å². The Morgan fingerprint density at radius 2 is 1.73 bits per heavy atom.